The molecule has 372 valence electrons. The summed E-state index contributed by atoms with van der Waals surface area (Å²) in [6.45, 7) is 21.2. The zero-order valence-corrected chi connectivity index (χ0v) is 41.4. The standard InChI is InChI=1S/2C19H28N2.C18H23NO.CH5N.3CH4/c2*1-13-4-7-15-11-17-18(20-3)19(2,16(15)10-13)8-9-21(17)12-14-5-6-14;1-12-3-6-14-10-16-17(20)18(2,15(14)9-12)7-8-19(16)11-13-4-5-13;1-2;;;/h2*4,7,10,14,17-18,20H,5-6,8-9,11-12H2,1-3H3;3,6,9,13,16H,4-5,7-8,10-11H2,1-2H3;2H2,1H3;3*1H4/t17-,18+,19+;17-,18-,19+;16-,18+;;;;/m111..../s1. The van der Waals surface area contributed by atoms with Crippen molar-refractivity contribution in [1.29, 1.82) is 0 Å². The highest BCUT2D eigenvalue weighted by Crippen LogP contribution is 2.48. The number of nitrogens with two attached hydrogens (primary N) is 1. The highest BCUT2D eigenvalue weighted by Gasteiger charge is 2.53. The van der Waals surface area contributed by atoms with Crippen molar-refractivity contribution in [3.63, 3.8) is 0 Å². The molecule has 6 fully saturated rings. The van der Waals surface area contributed by atoms with Crippen LogP contribution >= 0.6 is 0 Å². The van der Waals surface area contributed by atoms with E-state index in [2.05, 4.69) is 141 Å². The van der Waals surface area contributed by atoms with Gasteiger partial charge in [-0.3, -0.25) is 19.5 Å². The number of aryl methyl sites for hydroxylation is 3. The highest BCUT2D eigenvalue weighted by molar-refractivity contribution is 5.97. The van der Waals surface area contributed by atoms with Gasteiger partial charge in [-0.2, -0.15) is 0 Å². The van der Waals surface area contributed by atoms with E-state index >= 15 is 0 Å². The molecule has 3 saturated carbocycles. The predicted molar refractivity (Wildman–Crippen MR) is 286 cm³/mol. The van der Waals surface area contributed by atoms with E-state index in [1.165, 1.54) is 125 Å². The van der Waals surface area contributed by atoms with Gasteiger partial charge >= 0.3 is 0 Å². The number of likely N-dealkylation sites (tertiary alicyclic amines) is 3. The number of hydrogen-bond donors (Lipinski definition) is 3. The van der Waals surface area contributed by atoms with Crippen LogP contribution < -0.4 is 16.4 Å². The molecule has 7 nitrogen and oxygen atoms in total. The van der Waals surface area contributed by atoms with E-state index in [4.69, 9.17) is 0 Å². The van der Waals surface area contributed by atoms with Gasteiger partial charge in [0.1, 0.15) is 0 Å². The molecule has 8 atom stereocenters. The predicted octanol–water partition coefficient (Wildman–Crippen LogP) is 10.1. The van der Waals surface area contributed by atoms with Gasteiger partial charge in [-0.1, -0.05) is 107 Å². The molecule has 0 unspecified atom stereocenters. The van der Waals surface area contributed by atoms with Crippen molar-refractivity contribution in [3.05, 3.63) is 105 Å². The first-order chi connectivity index (χ1) is 30.8. The number of nitrogens with zero attached hydrogens (tertiary/aromatic N) is 3. The smallest absolute Gasteiger partial charge is 0.160 e. The number of benzene rings is 3. The van der Waals surface area contributed by atoms with Crippen LogP contribution in [0, 0.1) is 38.5 Å². The van der Waals surface area contributed by atoms with Crippen LogP contribution in [0.1, 0.15) is 151 Å². The molecule has 3 aliphatic heterocycles. The second kappa shape index (κ2) is 21.2. The molecule has 3 heterocycles. The van der Waals surface area contributed by atoms with Crippen molar-refractivity contribution >= 4 is 5.78 Å². The second-order valence-corrected chi connectivity index (χ2v) is 22.9. The Hall–Kier alpha value is -2.91. The molecule has 3 aromatic rings. The zero-order chi connectivity index (χ0) is 45.1. The van der Waals surface area contributed by atoms with Gasteiger partial charge in [-0.25, -0.2) is 0 Å². The van der Waals surface area contributed by atoms with Gasteiger partial charge in [0.05, 0.1) is 11.5 Å². The maximum Gasteiger partial charge on any atom is 0.160 e. The van der Waals surface area contributed by atoms with Crippen molar-refractivity contribution in [3.8, 4) is 0 Å². The van der Waals surface area contributed by atoms with Crippen LogP contribution in [0.2, 0.25) is 0 Å². The minimum Gasteiger partial charge on any atom is -0.333 e. The minimum atomic E-state index is -0.232. The van der Waals surface area contributed by atoms with Crippen molar-refractivity contribution in [2.24, 2.45) is 23.5 Å². The Kier molecular flexibility index (Phi) is 16.9. The summed E-state index contributed by atoms with van der Waals surface area (Å²) in [5.74, 6) is 3.33. The first-order valence-electron chi connectivity index (χ1n) is 25.8. The zero-order valence-electron chi connectivity index (χ0n) is 41.4. The monoisotopic (exact) mass is 917 g/mol. The number of fused-ring (bicyclic) bond motifs is 12. The van der Waals surface area contributed by atoms with Crippen LogP contribution in [0.4, 0.5) is 0 Å². The Morgan fingerprint density at radius 1 is 0.537 bits per heavy atom. The van der Waals surface area contributed by atoms with E-state index in [0.717, 1.165) is 43.7 Å². The molecule has 9 aliphatic rings. The molecule has 12 rings (SSSR count). The molecule has 67 heavy (non-hydrogen) atoms. The second-order valence-electron chi connectivity index (χ2n) is 22.9. The fraction of sp³-hybridized carbons (Fsp3) is 0.683. The summed E-state index contributed by atoms with van der Waals surface area (Å²) in [4.78, 5) is 21.0. The number of hydrogen-bond acceptors (Lipinski definition) is 7. The van der Waals surface area contributed by atoms with Gasteiger partial charge in [0.15, 0.2) is 5.78 Å². The fourth-order valence-corrected chi connectivity index (χ4v) is 13.9. The SMILES string of the molecule is C.C.C.CN.CN[C@@H]1[C@H]2Cc3ccc(C)cc3[C@]1(C)CCN2CC1CC1.CN[C@H]1[C@H]2Cc3ccc(C)cc3[C@]1(C)CCN2CC1CC1.Cc1ccc2c(c1)[C@]1(C)CCN(CC3CC3)[C@H](C2)C1=O. The number of carbonyl (C=O) groups excluding carboxylic acids is 1. The number of nitrogens with one attached hydrogen (secondary N) is 2. The number of carbonyl (C=O) groups is 1. The number of ketones is 1. The topological polar surface area (TPSA) is 76.9 Å². The van der Waals surface area contributed by atoms with Crippen molar-refractivity contribution in [2.45, 2.75) is 187 Å². The van der Waals surface area contributed by atoms with Crippen molar-refractivity contribution in [2.75, 3.05) is 60.4 Å². The fourth-order valence-electron chi connectivity index (χ4n) is 13.9. The Balaban J connectivity index is 0.000000159. The third-order valence-electron chi connectivity index (χ3n) is 18.2. The van der Waals surface area contributed by atoms with Gasteiger partial charge in [-0.15, -0.1) is 0 Å². The van der Waals surface area contributed by atoms with E-state index in [-0.39, 0.29) is 33.7 Å². The Bertz CT molecular complexity index is 2060. The van der Waals surface area contributed by atoms with Crippen molar-refractivity contribution < 1.29 is 4.79 Å². The number of rotatable bonds is 8. The molecular formula is C60H96N6O. The first kappa shape index (κ1) is 53.4. The van der Waals surface area contributed by atoms with Crippen LogP contribution in [0.5, 0.6) is 0 Å². The van der Waals surface area contributed by atoms with Gasteiger partial charge in [0.25, 0.3) is 0 Å². The van der Waals surface area contributed by atoms with Gasteiger partial charge in [0.2, 0.25) is 0 Å². The normalized spacial score (nSPS) is 32.3. The molecule has 3 saturated heterocycles. The van der Waals surface area contributed by atoms with Crippen LogP contribution in [0.3, 0.4) is 0 Å². The molecule has 0 amide bonds. The quantitative estimate of drug-likeness (QED) is 0.208. The summed E-state index contributed by atoms with van der Waals surface area (Å²) in [6.07, 6.45) is 15.5. The van der Waals surface area contributed by atoms with Crippen molar-refractivity contribution in [1.82, 2.24) is 25.3 Å². The minimum absolute atomic E-state index is 0. The third kappa shape index (κ3) is 10.3. The first-order valence-corrected chi connectivity index (χ1v) is 25.8. The molecule has 0 radical (unpaired) electrons. The summed E-state index contributed by atoms with van der Waals surface area (Å²) >= 11 is 0. The lowest BCUT2D eigenvalue weighted by atomic mass is 9.61. The lowest BCUT2D eigenvalue weighted by molar-refractivity contribution is -0.134. The number of piperidine rings is 3. The number of likely N-dealkylation sites (N-methyl/N-ethyl adjacent to an activating group) is 2. The molecule has 6 aliphatic carbocycles. The van der Waals surface area contributed by atoms with Gasteiger partial charge < -0.3 is 16.4 Å². The van der Waals surface area contributed by atoms with Crippen LogP contribution in [-0.2, 0) is 40.3 Å². The van der Waals surface area contributed by atoms with E-state index in [1.54, 1.807) is 22.3 Å². The lowest BCUT2D eigenvalue weighted by Gasteiger charge is -2.55. The highest BCUT2D eigenvalue weighted by atomic mass is 16.1. The van der Waals surface area contributed by atoms with Gasteiger partial charge in [0, 0.05) is 61.2 Å². The summed E-state index contributed by atoms with van der Waals surface area (Å²) in [7, 11) is 5.83. The summed E-state index contributed by atoms with van der Waals surface area (Å²) in [5, 5.41) is 7.38. The molecule has 3 aromatic carbocycles. The Morgan fingerprint density at radius 3 is 1.28 bits per heavy atom. The van der Waals surface area contributed by atoms with Crippen LogP contribution in [0.25, 0.3) is 0 Å². The summed E-state index contributed by atoms with van der Waals surface area (Å²) in [6, 6.07) is 23.7. The lowest BCUT2D eigenvalue weighted by Crippen LogP contribution is -2.66. The molecule has 6 bridgehead atoms. The maximum absolute atomic E-state index is 13.0. The van der Waals surface area contributed by atoms with E-state index in [9.17, 15) is 4.79 Å². The molecule has 0 spiro atoms. The Labute approximate surface area is 410 Å². The molecule has 4 N–H and O–H groups in total. The largest absolute Gasteiger partial charge is 0.333 e. The third-order valence-corrected chi connectivity index (χ3v) is 18.2. The molecule has 0 aromatic heterocycles. The average molecular weight is 917 g/mol. The number of Topliss-reactive ketones (excluding diaryl/α,β-unsaturated/α-hetero) is 1. The molecule has 7 heteroatoms. The van der Waals surface area contributed by atoms with Gasteiger partial charge in [-0.05, 0) is 190 Å². The summed E-state index contributed by atoms with van der Waals surface area (Å²) < 4.78 is 0. The van der Waals surface area contributed by atoms with Crippen LogP contribution in [-0.4, -0.2) is 111 Å². The molecular weight excluding hydrogens is 821 g/mol. The Morgan fingerprint density at radius 2 is 0.896 bits per heavy atom. The average Bonchev–Trinajstić information content (AvgIpc) is 4.13. The van der Waals surface area contributed by atoms with Crippen LogP contribution in [0.15, 0.2) is 54.6 Å². The van der Waals surface area contributed by atoms with E-state index in [0.29, 0.717) is 40.8 Å². The van der Waals surface area contributed by atoms with E-state index in [1.807, 2.05) is 0 Å². The maximum atomic E-state index is 13.0. The van der Waals surface area contributed by atoms with E-state index < -0.39 is 0 Å². The summed E-state index contributed by atoms with van der Waals surface area (Å²) in [5.41, 5.74) is 18.1.